The molecule has 1 aromatic carbocycles. The lowest BCUT2D eigenvalue weighted by atomic mass is 9.88. The molecule has 3 rings (SSSR count). The van der Waals surface area contributed by atoms with E-state index in [0.29, 0.717) is 22.7 Å². The molecule has 1 fully saturated rings. The number of hydrogen-bond donors (Lipinski definition) is 2. The lowest BCUT2D eigenvalue weighted by Crippen LogP contribution is -2.25. The highest BCUT2D eigenvalue weighted by Crippen LogP contribution is 2.27. The van der Waals surface area contributed by atoms with E-state index in [1.54, 1.807) is 0 Å². The Morgan fingerprint density at radius 2 is 2.00 bits per heavy atom. The zero-order valence-electron chi connectivity index (χ0n) is 14.5. The van der Waals surface area contributed by atoms with E-state index in [0.717, 1.165) is 43.6 Å². The van der Waals surface area contributed by atoms with E-state index in [2.05, 4.69) is 20.2 Å². The van der Waals surface area contributed by atoms with Gasteiger partial charge in [0.15, 0.2) is 0 Å². The van der Waals surface area contributed by atoms with E-state index in [9.17, 15) is 14.0 Å². The van der Waals surface area contributed by atoms with Gasteiger partial charge in [0, 0.05) is 11.6 Å². The summed E-state index contributed by atoms with van der Waals surface area (Å²) in [6, 6.07) is 4.13. The molecule has 0 unspecified atom stereocenters. The van der Waals surface area contributed by atoms with Gasteiger partial charge >= 0.3 is 0 Å². The number of hydrogen-bond acceptors (Lipinski definition) is 5. The van der Waals surface area contributed by atoms with E-state index >= 15 is 0 Å². The van der Waals surface area contributed by atoms with Gasteiger partial charge in [-0.3, -0.25) is 9.59 Å². The molecule has 138 valence electrons. The first-order valence-corrected chi connectivity index (χ1v) is 9.58. The Kier molecular flexibility index (Phi) is 5.92. The minimum atomic E-state index is -0.527. The van der Waals surface area contributed by atoms with Crippen molar-refractivity contribution in [2.45, 2.75) is 45.4 Å². The molecule has 1 aromatic heterocycles. The van der Waals surface area contributed by atoms with Crippen molar-refractivity contribution in [1.29, 1.82) is 0 Å². The largest absolute Gasteiger partial charge is 0.323 e. The molecule has 2 N–H and O–H groups in total. The predicted molar refractivity (Wildman–Crippen MR) is 98.8 cm³/mol. The molecule has 8 heteroatoms. The summed E-state index contributed by atoms with van der Waals surface area (Å²) in [4.78, 5) is 25.1. The summed E-state index contributed by atoms with van der Waals surface area (Å²) in [6.07, 6.45) is 5.47. The average molecular weight is 376 g/mol. The van der Waals surface area contributed by atoms with Crippen molar-refractivity contribution in [3.8, 4) is 0 Å². The van der Waals surface area contributed by atoms with Crippen LogP contribution in [0.3, 0.4) is 0 Å². The Bertz CT molecular complexity index is 802. The SMILES string of the molecule is CCc1nnsc1C(=O)Nc1ccc(F)c(NC(=O)C2CCCCC2)c1. The van der Waals surface area contributed by atoms with Gasteiger partial charge < -0.3 is 10.6 Å². The Balaban J connectivity index is 1.71. The molecular weight excluding hydrogens is 355 g/mol. The number of aryl methyl sites for hydroxylation is 1. The molecule has 6 nitrogen and oxygen atoms in total. The molecule has 0 bridgehead atoms. The van der Waals surface area contributed by atoms with Crippen LogP contribution in [0, 0.1) is 11.7 Å². The Morgan fingerprint density at radius 1 is 1.23 bits per heavy atom. The van der Waals surface area contributed by atoms with Gasteiger partial charge in [-0.2, -0.15) is 0 Å². The second kappa shape index (κ2) is 8.35. The van der Waals surface area contributed by atoms with Gasteiger partial charge in [-0.1, -0.05) is 30.7 Å². The fraction of sp³-hybridized carbons (Fsp3) is 0.444. The summed E-state index contributed by atoms with van der Waals surface area (Å²) in [5.74, 6) is -1.10. The Hall–Kier alpha value is -2.35. The minimum Gasteiger partial charge on any atom is -0.323 e. The third-order valence-corrected chi connectivity index (χ3v) is 5.32. The van der Waals surface area contributed by atoms with Crippen LogP contribution in [0.2, 0.25) is 0 Å². The second-order valence-electron chi connectivity index (χ2n) is 6.38. The van der Waals surface area contributed by atoms with Crippen LogP contribution in [0.1, 0.15) is 54.4 Å². The van der Waals surface area contributed by atoms with Crippen LogP contribution >= 0.6 is 11.5 Å². The highest BCUT2D eigenvalue weighted by atomic mass is 32.1. The summed E-state index contributed by atoms with van der Waals surface area (Å²) in [5.41, 5.74) is 1.11. The molecular formula is C18H21FN4O2S. The standard InChI is InChI=1S/C18H21FN4O2S/c1-2-14-16(26-23-22-14)18(25)20-12-8-9-13(19)15(10-12)21-17(24)11-6-4-3-5-7-11/h8-11H,2-7H2,1H3,(H,20,25)(H,21,24). The van der Waals surface area contributed by atoms with Gasteiger partial charge in [-0.05, 0) is 49.0 Å². The Morgan fingerprint density at radius 3 is 2.73 bits per heavy atom. The van der Waals surface area contributed by atoms with Gasteiger partial charge in [0.05, 0.1) is 11.4 Å². The number of anilines is 2. The first kappa shape index (κ1) is 18.4. The van der Waals surface area contributed by atoms with E-state index in [1.165, 1.54) is 18.2 Å². The van der Waals surface area contributed by atoms with Gasteiger partial charge in [0.1, 0.15) is 10.7 Å². The van der Waals surface area contributed by atoms with E-state index in [4.69, 9.17) is 0 Å². The molecule has 0 spiro atoms. The molecule has 1 aliphatic carbocycles. The predicted octanol–water partition coefficient (Wildman–Crippen LogP) is 4.01. The number of rotatable bonds is 5. The maximum absolute atomic E-state index is 14.1. The molecule has 0 saturated heterocycles. The van der Waals surface area contributed by atoms with Gasteiger partial charge in [-0.15, -0.1) is 5.10 Å². The van der Waals surface area contributed by atoms with Crippen molar-refractivity contribution >= 4 is 34.7 Å². The van der Waals surface area contributed by atoms with Crippen LogP contribution in [0.5, 0.6) is 0 Å². The van der Waals surface area contributed by atoms with E-state index in [-0.39, 0.29) is 23.4 Å². The fourth-order valence-corrected chi connectivity index (χ4v) is 3.74. The zero-order valence-corrected chi connectivity index (χ0v) is 15.4. The van der Waals surface area contributed by atoms with Crippen molar-refractivity contribution in [3.63, 3.8) is 0 Å². The number of aromatic nitrogens is 2. The summed E-state index contributed by atoms with van der Waals surface area (Å²) in [6.45, 7) is 1.89. The highest BCUT2D eigenvalue weighted by molar-refractivity contribution is 7.08. The first-order chi connectivity index (χ1) is 12.6. The fourth-order valence-electron chi connectivity index (χ4n) is 3.10. The molecule has 1 aliphatic rings. The summed E-state index contributed by atoms with van der Waals surface area (Å²) < 4.78 is 17.9. The normalized spacial score (nSPS) is 14.8. The van der Waals surface area contributed by atoms with Crippen LogP contribution in [-0.4, -0.2) is 21.4 Å². The average Bonchev–Trinajstić information content (AvgIpc) is 3.14. The van der Waals surface area contributed by atoms with Gasteiger partial charge in [0.2, 0.25) is 5.91 Å². The topological polar surface area (TPSA) is 84.0 Å². The number of halogens is 1. The third kappa shape index (κ3) is 4.24. The van der Waals surface area contributed by atoms with Crippen LogP contribution in [0.25, 0.3) is 0 Å². The smallest absolute Gasteiger partial charge is 0.269 e. The molecule has 1 heterocycles. The third-order valence-electron chi connectivity index (χ3n) is 4.55. The Labute approximate surface area is 155 Å². The molecule has 0 atom stereocenters. The minimum absolute atomic E-state index is 0.0724. The summed E-state index contributed by atoms with van der Waals surface area (Å²) >= 11 is 1.02. The van der Waals surface area contributed by atoms with Crippen LogP contribution in [0.15, 0.2) is 18.2 Å². The van der Waals surface area contributed by atoms with Crippen molar-refractivity contribution in [2.24, 2.45) is 5.92 Å². The zero-order chi connectivity index (χ0) is 18.5. The lowest BCUT2D eigenvalue weighted by molar-refractivity contribution is -0.120. The molecule has 2 aromatic rings. The summed E-state index contributed by atoms with van der Waals surface area (Å²) in [5, 5.41) is 9.29. The van der Waals surface area contributed by atoms with Crippen molar-refractivity contribution in [1.82, 2.24) is 9.59 Å². The van der Waals surface area contributed by atoms with E-state index in [1.807, 2.05) is 6.92 Å². The number of amides is 2. The summed E-state index contributed by atoms with van der Waals surface area (Å²) in [7, 11) is 0. The van der Waals surface area contributed by atoms with Crippen molar-refractivity contribution in [2.75, 3.05) is 10.6 Å². The molecule has 2 amide bonds. The number of nitrogens with one attached hydrogen (secondary N) is 2. The monoisotopic (exact) mass is 376 g/mol. The molecule has 0 radical (unpaired) electrons. The second-order valence-corrected chi connectivity index (χ2v) is 7.13. The van der Waals surface area contributed by atoms with E-state index < -0.39 is 5.82 Å². The van der Waals surface area contributed by atoms with Crippen LogP contribution in [-0.2, 0) is 11.2 Å². The van der Waals surface area contributed by atoms with Crippen LogP contribution in [0.4, 0.5) is 15.8 Å². The number of carbonyl (C=O) groups is 2. The lowest BCUT2D eigenvalue weighted by Gasteiger charge is -2.21. The maximum atomic E-state index is 14.1. The number of carbonyl (C=O) groups excluding carboxylic acids is 2. The quantitative estimate of drug-likeness (QED) is 0.826. The van der Waals surface area contributed by atoms with Gasteiger partial charge in [0.25, 0.3) is 5.91 Å². The van der Waals surface area contributed by atoms with Crippen LogP contribution < -0.4 is 10.6 Å². The van der Waals surface area contributed by atoms with Crippen molar-refractivity contribution in [3.05, 3.63) is 34.6 Å². The maximum Gasteiger partial charge on any atom is 0.269 e. The number of nitrogens with zero attached hydrogens (tertiary/aromatic N) is 2. The molecule has 0 aliphatic heterocycles. The van der Waals surface area contributed by atoms with Gasteiger partial charge in [-0.25, -0.2) is 4.39 Å². The van der Waals surface area contributed by atoms with Crippen molar-refractivity contribution < 1.29 is 14.0 Å². The highest BCUT2D eigenvalue weighted by Gasteiger charge is 2.22. The molecule has 26 heavy (non-hydrogen) atoms. The first-order valence-electron chi connectivity index (χ1n) is 8.81. The molecule has 1 saturated carbocycles. The number of benzene rings is 1.